The van der Waals surface area contributed by atoms with Gasteiger partial charge in [-0.1, -0.05) is 23.7 Å². The number of aromatic nitrogens is 1. The van der Waals surface area contributed by atoms with E-state index in [2.05, 4.69) is 15.0 Å². The van der Waals surface area contributed by atoms with Gasteiger partial charge in [-0.25, -0.2) is 22.2 Å². The quantitative estimate of drug-likeness (QED) is 0.664. The van der Waals surface area contributed by atoms with Gasteiger partial charge in [0.05, 0.1) is 16.8 Å². The summed E-state index contributed by atoms with van der Waals surface area (Å²) in [4.78, 5) is 3.95. The highest BCUT2D eigenvalue weighted by Gasteiger charge is 2.15. The molecule has 134 valence electrons. The summed E-state index contributed by atoms with van der Waals surface area (Å²) in [6, 6.07) is 12.1. The van der Waals surface area contributed by atoms with Crippen molar-refractivity contribution in [2.75, 3.05) is 10.0 Å². The number of halogens is 3. The van der Waals surface area contributed by atoms with E-state index in [9.17, 15) is 17.2 Å². The molecule has 3 aromatic rings. The second-order valence-electron chi connectivity index (χ2n) is 5.22. The fourth-order valence-corrected chi connectivity index (χ4v) is 3.47. The van der Waals surface area contributed by atoms with Gasteiger partial charge in [0.1, 0.15) is 23.1 Å². The molecular formula is C17H12ClF2N3O2S. The van der Waals surface area contributed by atoms with Gasteiger partial charge in [0.15, 0.2) is 0 Å². The minimum absolute atomic E-state index is 0.000583. The van der Waals surface area contributed by atoms with Crippen molar-refractivity contribution in [1.29, 1.82) is 0 Å². The van der Waals surface area contributed by atoms with E-state index in [0.717, 1.165) is 12.1 Å². The van der Waals surface area contributed by atoms with Crippen LogP contribution in [0.15, 0.2) is 65.7 Å². The van der Waals surface area contributed by atoms with Crippen molar-refractivity contribution in [3.8, 4) is 0 Å². The molecule has 0 bridgehead atoms. The Hall–Kier alpha value is -2.71. The second-order valence-corrected chi connectivity index (χ2v) is 7.34. The summed E-state index contributed by atoms with van der Waals surface area (Å²) in [5.74, 6) is -1.38. The summed E-state index contributed by atoms with van der Waals surface area (Å²) in [5, 5.41) is 2.80. The minimum atomic E-state index is -3.84. The van der Waals surface area contributed by atoms with Gasteiger partial charge in [-0.2, -0.15) is 0 Å². The Balaban J connectivity index is 1.78. The zero-order chi connectivity index (χ0) is 18.7. The molecule has 0 fully saturated rings. The zero-order valence-corrected chi connectivity index (χ0v) is 14.7. The van der Waals surface area contributed by atoms with Gasteiger partial charge in [0, 0.05) is 5.02 Å². The van der Waals surface area contributed by atoms with Crippen LogP contribution < -0.4 is 10.0 Å². The molecule has 0 amide bonds. The predicted octanol–water partition coefficient (Wildman–Crippen LogP) is 4.56. The Morgan fingerprint density at radius 2 is 1.65 bits per heavy atom. The molecule has 0 atom stereocenters. The van der Waals surface area contributed by atoms with E-state index >= 15 is 0 Å². The number of para-hydroxylation sites is 1. The fourth-order valence-electron chi connectivity index (χ4n) is 2.12. The van der Waals surface area contributed by atoms with Crippen molar-refractivity contribution in [3.63, 3.8) is 0 Å². The lowest BCUT2D eigenvalue weighted by atomic mass is 10.3. The Kier molecular flexibility index (Phi) is 5.06. The summed E-state index contributed by atoms with van der Waals surface area (Å²) in [6.45, 7) is 0. The van der Waals surface area contributed by atoms with Gasteiger partial charge in [-0.15, -0.1) is 0 Å². The highest BCUT2D eigenvalue weighted by molar-refractivity contribution is 7.92. The molecule has 9 heteroatoms. The van der Waals surface area contributed by atoms with Crippen LogP contribution in [0.4, 0.5) is 26.0 Å². The first kappa shape index (κ1) is 18.1. The lowest BCUT2D eigenvalue weighted by Crippen LogP contribution is -2.13. The predicted molar refractivity (Wildman–Crippen MR) is 96.1 cm³/mol. The van der Waals surface area contributed by atoms with Crippen LogP contribution in [0.25, 0.3) is 0 Å². The topological polar surface area (TPSA) is 71.1 Å². The van der Waals surface area contributed by atoms with E-state index in [1.54, 1.807) is 6.07 Å². The molecule has 0 radical (unpaired) electrons. The monoisotopic (exact) mass is 395 g/mol. The molecule has 0 aliphatic rings. The Morgan fingerprint density at radius 1 is 0.962 bits per heavy atom. The van der Waals surface area contributed by atoms with E-state index in [0.29, 0.717) is 0 Å². The van der Waals surface area contributed by atoms with E-state index in [-0.39, 0.29) is 27.1 Å². The summed E-state index contributed by atoms with van der Waals surface area (Å²) in [6.07, 6.45) is 1.23. The van der Waals surface area contributed by atoms with Crippen LogP contribution in [0.2, 0.25) is 5.02 Å². The van der Waals surface area contributed by atoms with Crippen molar-refractivity contribution in [3.05, 3.63) is 77.5 Å². The first-order chi connectivity index (χ1) is 12.3. The van der Waals surface area contributed by atoms with Gasteiger partial charge < -0.3 is 5.32 Å². The van der Waals surface area contributed by atoms with Gasteiger partial charge in [0.2, 0.25) is 0 Å². The number of nitrogens with one attached hydrogen (secondary N) is 2. The summed E-state index contributed by atoms with van der Waals surface area (Å²) < 4.78 is 54.2. The SMILES string of the molecule is O=S(=O)(Nc1ccc(Nc2c(F)cccc2F)nc1)c1cccc(Cl)c1. The standard InChI is InChI=1S/C17H12ClF2N3O2S/c18-11-3-1-4-13(9-11)26(24,25)23-12-7-8-16(21-10-12)22-17-14(19)5-2-6-15(17)20/h1-10,23H,(H,21,22). The number of nitrogens with zero attached hydrogens (tertiary/aromatic N) is 1. The first-order valence-corrected chi connectivity index (χ1v) is 9.17. The normalized spacial score (nSPS) is 11.2. The average molecular weight is 396 g/mol. The molecule has 1 heterocycles. The molecule has 3 rings (SSSR count). The van der Waals surface area contributed by atoms with Crippen LogP contribution in [-0.2, 0) is 10.0 Å². The molecule has 0 saturated carbocycles. The number of hydrogen-bond donors (Lipinski definition) is 2. The molecule has 0 aliphatic heterocycles. The van der Waals surface area contributed by atoms with Crippen molar-refractivity contribution >= 4 is 38.8 Å². The largest absolute Gasteiger partial charge is 0.335 e. The van der Waals surface area contributed by atoms with Crippen molar-refractivity contribution in [2.24, 2.45) is 0 Å². The lowest BCUT2D eigenvalue weighted by Gasteiger charge is -2.10. The van der Waals surface area contributed by atoms with Crippen LogP contribution in [0.5, 0.6) is 0 Å². The smallest absolute Gasteiger partial charge is 0.261 e. The van der Waals surface area contributed by atoms with Gasteiger partial charge in [0.25, 0.3) is 10.0 Å². The number of hydrogen-bond acceptors (Lipinski definition) is 4. The molecule has 1 aromatic heterocycles. The van der Waals surface area contributed by atoms with Crippen LogP contribution in [-0.4, -0.2) is 13.4 Å². The maximum Gasteiger partial charge on any atom is 0.261 e. The molecule has 0 spiro atoms. The van der Waals surface area contributed by atoms with E-state index in [4.69, 9.17) is 11.6 Å². The van der Waals surface area contributed by atoms with Crippen LogP contribution in [0.3, 0.4) is 0 Å². The Labute approximate surface area is 153 Å². The molecular weight excluding hydrogens is 384 g/mol. The third-order valence-corrected chi connectivity index (χ3v) is 4.95. The van der Waals surface area contributed by atoms with Gasteiger partial charge in [-0.05, 0) is 42.5 Å². The third kappa shape index (κ3) is 4.09. The first-order valence-electron chi connectivity index (χ1n) is 7.31. The number of sulfonamides is 1. The molecule has 5 nitrogen and oxygen atoms in total. The Morgan fingerprint density at radius 3 is 2.27 bits per heavy atom. The maximum absolute atomic E-state index is 13.6. The summed E-state index contributed by atoms with van der Waals surface area (Å²) in [5.41, 5.74) is -0.156. The molecule has 0 unspecified atom stereocenters. The molecule has 2 N–H and O–H groups in total. The van der Waals surface area contributed by atoms with Crippen LogP contribution in [0.1, 0.15) is 0 Å². The number of pyridine rings is 1. The van der Waals surface area contributed by atoms with Crippen molar-refractivity contribution < 1.29 is 17.2 Å². The van der Waals surface area contributed by atoms with Crippen molar-refractivity contribution in [1.82, 2.24) is 4.98 Å². The molecule has 0 aliphatic carbocycles. The highest BCUT2D eigenvalue weighted by atomic mass is 35.5. The lowest BCUT2D eigenvalue weighted by molar-refractivity contribution is 0.590. The maximum atomic E-state index is 13.6. The van der Waals surface area contributed by atoms with Gasteiger partial charge >= 0.3 is 0 Å². The summed E-state index contributed by atoms with van der Waals surface area (Å²) >= 11 is 5.80. The average Bonchev–Trinajstić information content (AvgIpc) is 2.59. The highest BCUT2D eigenvalue weighted by Crippen LogP contribution is 2.23. The number of rotatable bonds is 5. The van der Waals surface area contributed by atoms with E-state index in [1.807, 2.05) is 0 Å². The van der Waals surface area contributed by atoms with Crippen LogP contribution in [0, 0.1) is 11.6 Å². The summed E-state index contributed by atoms with van der Waals surface area (Å²) in [7, 11) is -3.84. The third-order valence-electron chi connectivity index (χ3n) is 3.34. The van der Waals surface area contributed by atoms with E-state index < -0.39 is 21.7 Å². The van der Waals surface area contributed by atoms with Gasteiger partial charge in [-0.3, -0.25) is 4.72 Å². The fraction of sp³-hybridized carbons (Fsp3) is 0. The number of benzene rings is 2. The van der Waals surface area contributed by atoms with E-state index in [1.165, 1.54) is 42.6 Å². The zero-order valence-electron chi connectivity index (χ0n) is 13.1. The molecule has 26 heavy (non-hydrogen) atoms. The number of anilines is 3. The second kappa shape index (κ2) is 7.27. The minimum Gasteiger partial charge on any atom is -0.335 e. The Bertz CT molecular complexity index is 1020. The molecule has 0 saturated heterocycles. The van der Waals surface area contributed by atoms with Crippen molar-refractivity contribution in [2.45, 2.75) is 4.90 Å². The van der Waals surface area contributed by atoms with Crippen LogP contribution >= 0.6 is 11.6 Å². The molecule has 2 aromatic carbocycles.